The smallest absolute Gasteiger partial charge is 0.253 e. The monoisotopic (exact) mass is 303 g/mol. The highest BCUT2D eigenvalue weighted by molar-refractivity contribution is 5.94. The van der Waals surface area contributed by atoms with Crippen molar-refractivity contribution in [2.45, 2.75) is 45.6 Å². The lowest BCUT2D eigenvalue weighted by Gasteiger charge is -2.30. The molecule has 0 spiro atoms. The van der Waals surface area contributed by atoms with Crippen molar-refractivity contribution >= 4 is 11.6 Å². The van der Waals surface area contributed by atoms with Crippen LogP contribution in [-0.4, -0.2) is 43.0 Å². The molecule has 0 saturated carbocycles. The van der Waals surface area contributed by atoms with E-state index in [1.54, 1.807) is 0 Å². The third kappa shape index (κ3) is 4.23. The number of hydrogen-bond acceptors (Lipinski definition) is 3. The number of carbonyl (C=O) groups excluding carboxylic acids is 1. The van der Waals surface area contributed by atoms with Gasteiger partial charge >= 0.3 is 0 Å². The van der Waals surface area contributed by atoms with Gasteiger partial charge in [0.25, 0.3) is 5.91 Å². The molecule has 4 nitrogen and oxygen atoms in total. The van der Waals surface area contributed by atoms with E-state index in [2.05, 4.69) is 30.9 Å². The number of likely N-dealkylation sites (tertiary alicyclic amines) is 1. The van der Waals surface area contributed by atoms with Crippen LogP contribution in [0.4, 0.5) is 5.69 Å². The molecule has 0 radical (unpaired) electrons. The van der Waals surface area contributed by atoms with Gasteiger partial charge in [0.1, 0.15) is 0 Å². The largest absolute Gasteiger partial charge is 0.372 e. The molecule has 2 rings (SSSR count). The number of piperidine rings is 1. The first kappa shape index (κ1) is 16.8. The average molecular weight is 303 g/mol. The molecular weight excluding hydrogens is 274 g/mol. The number of hydrogen-bond donors (Lipinski definition) is 1. The highest BCUT2D eigenvalue weighted by Crippen LogP contribution is 2.18. The zero-order chi connectivity index (χ0) is 15.9. The van der Waals surface area contributed by atoms with Crippen LogP contribution in [0.1, 0.15) is 49.9 Å². The molecule has 1 fully saturated rings. The van der Waals surface area contributed by atoms with Crippen molar-refractivity contribution in [3.05, 3.63) is 29.8 Å². The van der Waals surface area contributed by atoms with E-state index in [-0.39, 0.29) is 11.9 Å². The molecule has 1 amide bonds. The Morgan fingerprint density at radius 3 is 2.41 bits per heavy atom. The Morgan fingerprint density at radius 1 is 1.23 bits per heavy atom. The van der Waals surface area contributed by atoms with Crippen LogP contribution in [0.5, 0.6) is 0 Å². The molecule has 4 heteroatoms. The third-order valence-corrected chi connectivity index (χ3v) is 4.47. The van der Waals surface area contributed by atoms with Gasteiger partial charge in [-0.1, -0.05) is 13.3 Å². The first-order chi connectivity index (χ1) is 10.7. The lowest BCUT2D eigenvalue weighted by Crippen LogP contribution is -2.42. The Bertz CT molecular complexity index is 464. The molecule has 1 heterocycles. The maximum absolute atomic E-state index is 12.5. The van der Waals surface area contributed by atoms with E-state index < -0.39 is 0 Å². The van der Waals surface area contributed by atoms with Crippen LogP contribution in [0.15, 0.2) is 24.3 Å². The van der Waals surface area contributed by atoms with Gasteiger partial charge < -0.3 is 15.5 Å². The second kappa shape index (κ2) is 8.18. The molecule has 1 saturated heterocycles. The van der Waals surface area contributed by atoms with E-state index in [0.717, 1.165) is 44.6 Å². The summed E-state index contributed by atoms with van der Waals surface area (Å²) in [5.74, 6) is 0.134. The van der Waals surface area contributed by atoms with Gasteiger partial charge in [0.15, 0.2) is 0 Å². The van der Waals surface area contributed by atoms with E-state index in [1.807, 2.05) is 17.0 Å². The SMILES string of the molecule is CCCCN(CC)c1ccc(C(=O)N2CCC(N)CC2)cc1. The van der Waals surface area contributed by atoms with Crippen molar-refractivity contribution in [2.75, 3.05) is 31.1 Å². The van der Waals surface area contributed by atoms with Crippen LogP contribution >= 0.6 is 0 Å². The summed E-state index contributed by atoms with van der Waals surface area (Å²) < 4.78 is 0. The normalized spacial score (nSPS) is 15.9. The Labute approximate surface area is 134 Å². The van der Waals surface area contributed by atoms with E-state index >= 15 is 0 Å². The molecule has 122 valence electrons. The van der Waals surface area contributed by atoms with Crippen molar-refractivity contribution in [2.24, 2.45) is 5.73 Å². The minimum atomic E-state index is 0.134. The van der Waals surface area contributed by atoms with E-state index in [0.29, 0.717) is 0 Å². The second-order valence-electron chi connectivity index (χ2n) is 6.11. The molecule has 0 aromatic heterocycles. The first-order valence-corrected chi connectivity index (χ1v) is 8.55. The number of nitrogens with two attached hydrogens (primary N) is 1. The number of amides is 1. The standard InChI is InChI=1S/C18H29N3O/c1-3-5-12-20(4-2)17-8-6-15(7-9-17)18(22)21-13-10-16(19)11-14-21/h6-9,16H,3-5,10-14,19H2,1-2H3. The minimum Gasteiger partial charge on any atom is -0.372 e. The lowest BCUT2D eigenvalue weighted by atomic mass is 10.0. The van der Waals surface area contributed by atoms with E-state index in [9.17, 15) is 4.79 Å². The average Bonchev–Trinajstić information content (AvgIpc) is 2.56. The molecule has 1 aliphatic rings. The van der Waals surface area contributed by atoms with Gasteiger partial charge in [-0.25, -0.2) is 0 Å². The Morgan fingerprint density at radius 2 is 1.86 bits per heavy atom. The first-order valence-electron chi connectivity index (χ1n) is 8.55. The predicted molar refractivity (Wildman–Crippen MR) is 92.3 cm³/mol. The number of nitrogens with zero attached hydrogens (tertiary/aromatic N) is 2. The van der Waals surface area contributed by atoms with Gasteiger partial charge in [0, 0.05) is 43.5 Å². The summed E-state index contributed by atoms with van der Waals surface area (Å²) in [6.45, 7) is 8.01. The fraction of sp³-hybridized carbons (Fsp3) is 0.611. The van der Waals surface area contributed by atoms with Crippen LogP contribution < -0.4 is 10.6 Å². The lowest BCUT2D eigenvalue weighted by molar-refractivity contribution is 0.0715. The van der Waals surface area contributed by atoms with Crippen molar-refractivity contribution in [1.82, 2.24) is 4.90 Å². The van der Waals surface area contributed by atoms with Crippen LogP contribution in [-0.2, 0) is 0 Å². The molecule has 0 unspecified atom stereocenters. The van der Waals surface area contributed by atoms with Crippen LogP contribution in [0, 0.1) is 0 Å². The number of benzene rings is 1. The summed E-state index contributed by atoms with van der Waals surface area (Å²) in [7, 11) is 0. The minimum absolute atomic E-state index is 0.134. The van der Waals surface area contributed by atoms with Crippen molar-refractivity contribution in [3.8, 4) is 0 Å². The summed E-state index contributed by atoms with van der Waals surface area (Å²) in [4.78, 5) is 16.8. The fourth-order valence-corrected chi connectivity index (χ4v) is 2.92. The van der Waals surface area contributed by atoms with Gasteiger partial charge in [0.2, 0.25) is 0 Å². The van der Waals surface area contributed by atoms with E-state index in [4.69, 9.17) is 5.73 Å². The van der Waals surface area contributed by atoms with Crippen molar-refractivity contribution < 1.29 is 4.79 Å². The zero-order valence-corrected chi connectivity index (χ0v) is 13.9. The van der Waals surface area contributed by atoms with Gasteiger partial charge in [-0.2, -0.15) is 0 Å². The number of unbranched alkanes of at least 4 members (excludes halogenated alkanes) is 1. The molecule has 1 aromatic carbocycles. The molecule has 22 heavy (non-hydrogen) atoms. The van der Waals surface area contributed by atoms with Crippen molar-refractivity contribution in [3.63, 3.8) is 0 Å². The number of anilines is 1. The maximum Gasteiger partial charge on any atom is 0.253 e. The van der Waals surface area contributed by atoms with Gasteiger partial charge in [0.05, 0.1) is 0 Å². The molecule has 1 aliphatic heterocycles. The summed E-state index contributed by atoms with van der Waals surface area (Å²) >= 11 is 0. The van der Waals surface area contributed by atoms with Gasteiger partial charge in [-0.05, 0) is 50.5 Å². The van der Waals surface area contributed by atoms with Gasteiger partial charge in [-0.3, -0.25) is 4.79 Å². The Kier molecular flexibility index (Phi) is 6.25. The fourth-order valence-electron chi connectivity index (χ4n) is 2.92. The summed E-state index contributed by atoms with van der Waals surface area (Å²) in [6.07, 6.45) is 4.21. The van der Waals surface area contributed by atoms with Crippen LogP contribution in [0.25, 0.3) is 0 Å². The van der Waals surface area contributed by atoms with Crippen molar-refractivity contribution in [1.29, 1.82) is 0 Å². The predicted octanol–water partition coefficient (Wildman–Crippen LogP) is 2.88. The Balaban J connectivity index is 2.00. The summed E-state index contributed by atoms with van der Waals surface area (Å²) in [6, 6.07) is 8.31. The maximum atomic E-state index is 12.5. The molecule has 0 aliphatic carbocycles. The topological polar surface area (TPSA) is 49.6 Å². The molecular formula is C18H29N3O. The third-order valence-electron chi connectivity index (χ3n) is 4.47. The Hall–Kier alpha value is -1.55. The van der Waals surface area contributed by atoms with E-state index in [1.165, 1.54) is 18.5 Å². The number of carbonyl (C=O) groups is 1. The summed E-state index contributed by atoms with van der Waals surface area (Å²) in [5.41, 5.74) is 7.89. The van der Waals surface area contributed by atoms with Gasteiger partial charge in [-0.15, -0.1) is 0 Å². The number of rotatable bonds is 6. The highest BCUT2D eigenvalue weighted by Gasteiger charge is 2.21. The quantitative estimate of drug-likeness (QED) is 0.879. The summed E-state index contributed by atoms with van der Waals surface area (Å²) in [5, 5.41) is 0. The van der Waals surface area contributed by atoms with Crippen LogP contribution in [0.3, 0.4) is 0 Å². The highest BCUT2D eigenvalue weighted by atomic mass is 16.2. The molecule has 0 bridgehead atoms. The second-order valence-corrected chi connectivity index (χ2v) is 6.11. The molecule has 1 aromatic rings. The molecule has 0 atom stereocenters. The zero-order valence-electron chi connectivity index (χ0n) is 13.9. The molecule has 2 N–H and O–H groups in total. The van der Waals surface area contributed by atoms with Crippen LogP contribution in [0.2, 0.25) is 0 Å².